The number of carbonyl (C=O) groups excluding carboxylic acids is 1. The van der Waals surface area contributed by atoms with Crippen LogP contribution in [0.5, 0.6) is 0 Å². The number of amides is 1. The van der Waals surface area contributed by atoms with Crippen molar-refractivity contribution < 1.29 is 4.79 Å². The Bertz CT molecular complexity index is 417. The van der Waals surface area contributed by atoms with Crippen molar-refractivity contribution in [2.24, 2.45) is 17.6 Å². The molecular weight excluding hydrogens is 248 g/mol. The molecule has 0 bridgehead atoms. The van der Waals surface area contributed by atoms with Crippen molar-refractivity contribution in [3.8, 4) is 0 Å². The van der Waals surface area contributed by atoms with Gasteiger partial charge in [-0.05, 0) is 23.0 Å². The highest BCUT2D eigenvalue weighted by molar-refractivity contribution is 5.79. The van der Waals surface area contributed by atoms with E-state index in [2.05, 4.69) is 27.7 Å². The molecule has 2 N–H and O–H groups in total. The van der Waals surface area contributed by atoms with E-state index in [1.807, 2.05) is 29.2 Å². The van der Waals surface area contributed by atoms with Crippen LogP contribution in [-0.2, 0) is 17.8 Å². The molecular formula is C17H28N2O. The lowest BCUT2D eigenvalue weighted by atomic mass is 10.0. The van der Waals surface area contributed by atoms with Crippen molar-refractivity contribution in [1.82, 2.24) is 4.90 Å². The number of nitrogens with two attached hydrogens (primary N) is 1. The third-order valence-corrected chi connectivity index (χ3v) is 3.20. The first kappa shape index (κ1) is 16.7. The third-order valence-electron chi connectivity index (χ3n) is 3.20. The molecule has 1 rings (SSSR count). The highest BCUT2D eigenvalue weighted by Gasteiger charge is 2.17. The Morgan fingerprint density at radius 2 is 1.55 bits per heavy atom. The van der Waals surface area contributed by atoms with E-state index in [4.69, 9.17) is 5.73 Å². The van der Waals surface area contributed by atoms with Crippen LogP contribution < -0.4 is 5.73 Å². The molecule has 1 amide bonds. The van der Waals surface area contributed by atoms with Gasteiger partial charge in [0.1, 0.15) is 0 Å². The molecule has 0 atom stereocenters. The Kier molecular flexibility index (Phi) is 6.73. The Morgan fingerprint density at radius 1 is 1.05 bits per heavy atom. The molecule has 0 heterocycles. The molecule has 3 nitrogen and oxygen atoms in total. The minimum Gasteiger partial charge on any atom is -0.342 e. The molecule has 0 unspecified atom stereocenters. The van der Waals surface area contributed by atoms with Gasteiger partial charge in [-0.1, -0.05) is 52.0 Å². The van der Waals surface area contributed by atoms with Crippen molar-refractivity contribution in [2.75, 3.05) is 13.1 Å². The third kappa shape index (κ3) is 5.33. The predicted octanol–water partition coefficient (Wildman–Crippen LogP) is 2.83. The summed E-state index contributed by atoms with van der Waals surface area (Å²) in [5.41, 5.74) is 7.86. The van der Waals surface area contributed by atoms with Gasteiger partial charge in [-0.2, -0.15) is 0 Å². The summed E-state index contributed by atoms with van der Waals surface area (Å²) in [4.78, 5) is 14.5. The van der Waals surface area contributed by atoms with Crippen LogP contribution in [0, 0.1) is 11.8 Å². The Hall–Kier alpha value is -1.35. The van der Waals surface area contributed by atoms with Gasteiger partial charge in [0, 0.05) is 19.6 Å². The average Bonchev–Trinajstić information content (AvgIpc) is 2.37. The standard InChI is InChI=1S/C17H28N2O/c1-13(2)11-19(12-14(3)4)17(20)9-15-7-5-6-8-16(15)10-18/h5-8,13-14H,9-12,18H2,1-4H3. The van der Waals surface area contributed by atoms with E-state index < -0.39 is 0 Å². The summed E-state index contributed by atoms with van der Waals surface area (Å²) >= 11 is 0. The number of carbonyl (C=O) groups is 1. The molecule has 0 aliphatic heterocycles. The van der Waals surface area contributed by atoms with E-state index in [0.717, 1.165) is 24.2 Å². The van der Waals surface area contributed by atoms with Crippen molar-refractivity contribution in [1.29, 1.82) is 0 Å². The van der Waals surface area contributed by atoms with Crippen LogP contribution in [0.2, 0.25) is 0 Å². The molecule has 3 heteroatoms. The van der Waals surface area contributed by atoms with E-state index in [-0.39, 0.29) is 5.91 Å². The number of hydrogen-bond donors (Lipinski definition) is 1. The van der Waals surface area contributed by atoms with Crippen LogP contribution in [0.4, 0.5) is 0 Å². The molecule has 0 aliphatic rings. The normalized spacial score (nSPS) is 11.2. The SMILES string of the molecule is CC(C)CN(CC(C)C)C(=O)Cc1ccccc1CN. The number of benzene rings is 1. The fourth-order valence-corrected chi connectivity index (χ4v) is 2.36. The second kappa shape index (κ2) is 8.05. The molecule has 1 aromatic carbocycles. The van der Waals surface area contributed by atoms with Gasteiger partial charge in [-0.25, -0.2) is 0 Å². The van der Waals surface area contributed by atoms with E-state index in [1.165, 1.54) is 0 Å². The van der Waals surface area contributed by atoms with Crippen LogP contribution in [0.3, 0.4) is 0 Å². The Morgan fingerprint density at radius 3 is 2.00 bits per heavy atom. The van der Waals surface area contributed by atoms with Gasteiger partial charge in [0.2, 0.25) is 5.91 Å². The monoisotopic (exact) mass is 276 g/mol. The maximum Gasteiger partial charge on any atom is 0.227 e. The molecule has 1 aromatic rings. The first-order chi connectivity index (χ1) is 9.43. The highest BCUT2D eigenvalue weighted by atomic mass is 16.2. The number of hydrogen-bond acceptors (Lipinski definition) is 2. The van der Waals surface area contributed by atoms with E-state index in [1.54, 1.807) is 0 Å². The zero-order valence-corrected chi connectivity index (χ0v) is 13.2. The molecule has 0 saturated carbocycles. The lowest BCUT2D eigenvalue weighted by molar-refractivity contribution is -0.131. The fourth-order valence-electron chi connectivity index (χ4n) is 2.36. The van der Waals surface area contributed by atoms with Crippen LogP contribution in [-0.4, -0.2) is 23.9 Å². The van der Waals surface area contributed by atoms with Crippen LogP contribution in [0.15, 0.2) is 24.3 Å². The molecule has 0 aliphatic carbocycles. The summed E-state index contributed by atoms with van der Waals surface area (Å²) in [5, 5.41) is 0. The fraction of sp³-hybridized carbons (Fsp3) is 0.588. The topological polar surface area (TPSA) is 46.3 Å². The van der Waals surface area contributed by atoms with Gasteiger partial charge in [-0.15, -0.1) is 0 Å². The summed E-state index contributed by atoms with van der Waals surface area (Å²) < 4.78 is 0. The summed E-state index contributed by atoms with van der Waals surface area (Å²) in [6.07, 6.45) is 0.451. The van der Waals surface area contributed by atoms with Crippen LogP contribution in [0.1, 0.15) is 38.8 Å². The van der Waals surface area contributed by atoms with Gasteiger partial charge in [-0.3, -0.25) is 4.79 Å². The molecule has 0 fully saturated rings. The average molecular weight is 276 g/mol. The first-order valence-electron chi connectivity index (χ1n) is 7.48. The largest absolute Gasteiger partial charge is 0.342 e. The second-order valence-electron chi connectivity index (χ2n) is 6.24. The lowest BCUT2D eigenvalue weighted by Crippen LogP contribution is -2.38. The molecule has 20 heavy (non-hydrogen) atoms. The minimum absolute atomic E-state index is 0.202. The molecule has 0 saturated heterocycles. The summed E-state index contributed by atoms with van der Waals surface area (Å²) in [6, 6.07) is 7.94. The van der Waals surface area contributed by atoms with Gasteiger partial charge in [0.15, 0.2) is 0 Å². The number of rotatable bonds is 7. The molecule has 112 valence electrons. The maximum absolute atomic E-state index is 12.5. The van der Waals surface area contributed by atoms with Gasteiger partial charge < -0.3 is 10.6 Å². The van der Waals surface area contributed by atoms with E-state index >= 15 is 0 Å². The summed E-state index contributed by atoms with van der Waals surface area (Å²) in [5.74, 6) is 1.18. The van der Waals surface area contributed by atoms with Gasteiger partial charge in [0.25, 0.3) is 0 Å². The Balaban J connectivity index is 2.79. The van der Waals surface area contributed by atoms with Gasteiger partial charge >= 0.3 is 0 Å². The quantitative estimate of drug-likeness (QED) is 0.832. The van der Waals surface area contributed by atoms with Crippen molar-refractivity contribution >= 4 is 5.91 Å². The van der Waals surface area contributed by atoms with Crippen LogP contribution in [0.25, 0.3) is 0 Å². The summed E-state index contributed by atoms with van der Waals surface area (Å²) in [7, 11) is 0. The zero-order valence-electron chi connectivity index (χ0n) is 13.2. The first-order valence-corrected chi connectivity index (χ1v) is 7.48. The predicted molar refractivity (Wildman–Crippen MR) is 84.3 cm³/mol. The lowest BCUT2D eigenvalue weighted by Gasteiger charge is -2.27. The molecule has 0 radical (unpaired) electrons. The smallest absolute Gasteiger partial charge is 0.227 e. The highest BCUT2D eigenvalue weighted by Crippen LogP contribution is 2.12. The minimum atomic E-state index is 0.202. The van der Waals surface area contributed by atoms with E-state index in [0.29, 0.717) is 24.8 Å². The van der Waals surface area contributed by atoms with Crippen molar-refractivity contribution in [3.05, 3.63) is 35.4 Å². The number of nitrogens with zero attached hydrogens (tertiary/aromatic N) is 1. The zero-order chi connectivity index (χ0) is 15.1. The second-order valence-corrected chi connectivity index (χ2v) is 6.24. The van der Waals surface area contributed by atoms with Crippen LogP contribution >= 0.6 is 0 Å². The van der Waals surface area contributed by atoms with E-state index in [9.17, 15) is 4.79 Å². The summed E-state index contributed by atoms with van der Waals surface area (Å²) in [6.45, 7) is 10.7. The Labute approximate surface area is 123 Å². The molecule has 0 aromatic heterocycles. The maximum atomic E-state index is 12.5. The van der Waals surface area contributed by atoms with Gasteiger partial charge in [0.05, 0.1) is 6.42 Å². The van der Waals surface area contributed by atoms with Crippen molar-refractivity contribution in [2.45, 2.75) is 40.7 Å². The van der Waals surface area contributed by atoms with Crippen molar-refractivity contribution in [3.63, 3.8) is 0 Å². The molecule has 0 spiro atoms.